The average molecular weight is 878 g/mol. The van der Waals surface area contributed by atoms with Crippen LogP contribution in [-0.2, 0) is 16.5 Å². The molecule has 42 heavy (non-hydrogen) atoms. The summed E-state index contributed by atoms with van der Waals surface area (Å²) in [6, 6.07) is 0. The van der Waals surface area contributed by atoms with Gasteiger partial charge in [0.15, 0.2) is 0 Å². The van der Waals surface area contributed by atoms with Gasteiger partial charge in [-0.15, -0.1) is 50.5 Å². The monoisotopic (exact) mass is 873 g/mol. The van der Waals surface area contributed by atoms with E-state index < -0.39 is 7.26 Å². The van der Waals surface area contributed by atoms with Crippen LogP contribution < -0.4 is 0 Å². The molecule has 2 aromatic carbocycles. The Bertz CT molecular complexity index is 794. The number of rotatable bonds is 12. The van der Waals surface area contributed by atoms with Crippen LogP contribution in [-0.4, -0.2) is 24.6 Å². The second-order valence-corrected chi connectivity index (χ2v) is 18.8. The van der Waals surface area contributed by atoms with E-state index in [1.807, 2.05) is 0 Å². The summed E-state index contributed by atoms with van der Waals surface area (Å²) >= 11 is 62.2. The van der Waals surface area contributed by atoms with E-state index in [1.165, 1.54) is 51.4 Å². The molecule has 0 atom stereocenters. The summed E-state index contributed by atoms with van der Waals surface area (Å²) in [5.74, 6) is 0. The quantitative estimate of drug-likeness (QED) is 0.0527. The van der Waals surface area contributed by atoms with Crippen molar-refractivity contribution in [3.05, 3.63) is 40.2 Å². The molecule has 0 amide bonds. The first kappa shape index (κ1) is 47.2. The minimum absolute atomic E-state index is 0. The summed E-state index contributed by atoms with van der Waals surface area (Å²) in [6.45, 7) is 9.42. The molecular weight excluding hydrogens is 838 g/mol. The fourth-order valence-corrected chi connectivity index (χ4v) is 12.3. The molecule has 2 aromatic rings. The van der Waals surface area contributed by atoms with Gasteiger partial charge in [-0.1, -0.05) is 146 Å². The number of hydrogen-bond donors (Lipinski definition) is 4. The Kier molecular flexibility index (Phi) is 28.2. The first-order valence-electron chi connectivity index (χ1n) is 13.5. The Morgan fingerprint density at radius 2 is 0.548 bits per heavy atom. The molecule has 0 saturated carbocycles. The molecule has 0 unspecified atom stereocenters. The standard InChI is InChI=1S/C16H36P.2C6H2Cl4S2.Ni/c1-5-9-13-17(14-10-6-2,15-11-7-3)16-12-8-4;2*7-1-2(8)4(10)6(12)5(11)3(1)9;/h5-16H2,1-4H3;2*11-12H;/q+1;;;. The van der Waals surface area contributed by atoms with E-state index in [2.05, 4.69) is 78.2 Å². The van der Waals surface area contributed by atoms with E-state index in [4.69, 9.17) is 92.8 Å². The van der Waals surface area contributed by atoms with Crippen molar-refractivity contribution in [2.75, 3.05) is 24.6 Å². The van der Waals surface area contributed by atoms with Crippen molar-refractivity contribution in [3.63, 3.8) is 0 Å². The molecule has 0 aliphatic heterocycles. The van der Waals surface area contributed by atoms with E-state index in [0.29, 0.717) is 19.6 Å². The Hall–Kier alpha value is 3.08. The van der Waals surface area contributed by atoms with Crippen LogP contribution in [0.1, 0.15) is 79.1 Å². The van der Waals surface area contributed by atoms with Gasteiger partial charge in [-0.05, 0) is 25.7 Å². The van der Waals surface area contributed by atoms with Gasteiger partial charge in [0.1, 0.15) is 0 Å². The summed E-state index contributed by atoms with van der Waals surface area (Å²) < 4.78 is 0. The molecule has 0 heterocycles. The third-order valence-corrected chi connectivity index (χ3v) is 17.7. The summed E-state index contributed by atoms with van der Waals surface area (Å²) in [4.78, 5) is 1.72. The van der Waals surface area contributed by atoms with E-state index >= 15 is 0 Å². The van der Waals surface area contributed by atoms with Gasteiger partial charge in [0.25, 0.3) is 0 Å². The fourth-order valence-electron chi connectivity index (χ4n) is 3.86. The van der Waals surface area contributed by atoms with Gasteiger partial charge in [-0.25, -0.2) is 0 Å². The average Bonchev–Trinajstić information content (AvgIpc) is 2.98. The smallest absolute Gasteiger partial charge is 0.0805 e. The molecule has 0 radical (unpaired) electrons. The van der Waals surface area contributed by atoms with E-state index in [0.717, 1.165) is 0 Å². The second kappa shape index (κ2) is 25.1. The van der Waals surface area contributed by atoms with E-state index in [1.54, 1.807) is 24.6 Å². The SMILES string of the molecule is CCCC[P+](CCCC)(CCCC)CCCC.Sc1c(S)c(Cl)c(Cl)c(Cl)c1Cl.Sc1c(S)c(Cl)c(Cl)c(Cl)c1Cl.[Ni]. The van der Waals surface area contributed by atoms with Crippen LogP contribution in [0.3, 0.4) is 0 Å². The van der Waals surface area contributed by atoms with Crippen molar-refractivity contribution in [2.45, 2.75) is 98.6 Å². The van der Waals surface area contributed by atoms with Gasteiger partial charge in [0.05, 0.1) is 64.8 Å². The molecule has 0 nitrogen and oxygen atoms in total. The molecule has 14 heteroatoms. The summed E-state index contributed by atoms with van der Waals surface area (Å²) in [5.41, 5.74) is 0. The van der Waals surface area contributed by atoms with Crippen molar-refractivity contribution in [3.8, 4) is 0 Å². The first-order valence-corrected chi connectivity index (χ1v) is 20.8. The maximum atomic E-state index is 5.76. The minimum atomic E-state index is -0.562. The Morgan fingerprint density at radius 1 is 0.381 bits per heavy atom. The van der Waals surface area contributed by atoms with Gasteiger partial charge in [-0.3, -0.25) is 0 Å². The molecule has 246 valence electrons. The molecular formula is C28H40Cl8NiPS4+. The largest absolute Gasteiger partial charge is 0.141 e. The third-order valence-electron chi connectivity index (χ3n) is 6.38. The van der Waals surface area contributed by atoms with Crippen molar-refractivity contribution >= 4 is 151 Å². The summed E-state index contributed by atoms with van der Waals surface area (Å²) in [5, 5.41) is 1.85. The summed E-state index contributed by atoms with van der Waals surface area (Å²) in [6.07, 6.45) is 17.9. The number of hydrogen-bond acceptors (Lipinski definition) is 4. The van der Waals surface area contributed by atoms with E-state index in [9.17, 15) is 0 Å². The molecule has 0 N–H and O–H groups in total. The van der Waals surface area contributed by atoms with E-state index in [-0.39, 0.29) is 56.7 Å². The van der Waals surface area contributed by atoms with Gasteiger partial charge < -0.3 is 0 Å². The van der Waals surface area contributed by atoms with Crippen LogP contribution in [0.2, 0.25) is 40.2 Å². The zero-order valence-corrected chi connectivity index (χ0v) is 35.6. The molecule has 0 saturated heterocycles. The fraction of sp³-hybridized carbons (Fsp3) is 0.571. The van der Waals surface area contributed by atoms with Crippen molar-refractivity contribution in [1.82, 2.24) is 0 Å². The van der Waals surface area contributed by atoms with Gasteiger partial charge in [0, 0.05) is 43.3 Å². The number of halogens is 8. The molecule has 2 rings (SSSR count). The number of benzene rings is 2. The molecule has 0 fully saturated rings. The molecule has 0 spiro atoms. The topological polar surface area (TPSA) is 0 Å². The number of unbranched alkanes of at least 4 members (excludes halogenated alkanes) is 4. The Balaban J connectivity index is 0. The zero-order valence-electron chi connectivity index (χ0n) is 24.1. The Labute approximate surface area is 327 Å². The van der Waals surface area contributed by atoms with Crippen LogP contribution in [0.4, 0.5) is 0 Å². The first-order chi connectivity index (χ1) is 19.2. The van der Waals surface area contributed by atoms with Crippen LogP contribution >= 0.6 is 151 Å². The van der Waals surface area contributed by atoms with Crippen LogP contribution in [0, 0.1) is 0 Å². The van der Waals surface area contributed by atoms with Crippen molar-refractivity contribution in [1.29, 1.82) is 0 Å². The number of thiol groups is 4. The molecule has 0 bridgehead atoms. The second-order valence-electron chi connectivity index (χ2n) is 9.56. The summed E-state index contributed by atoms with van der Waals surface area (Å²) in [7, 11) is -0.562. The predicted molar refractivity (Wildman–Crippen MR) is 208 cm³/mol. The molecule has 0 aliphatic rings. The van der Waals surface area contributed by atoms with Crippen molar-refractivity contribution in [2.24, 2.45) is 0 Å². The molecule has 0 aliphatic carbocycles. The van der Waals surface area contributed by atoms with Crippen LogP contribution in [0.15, 0.2) is 19.6 Å². The predicted octanol–water partition coefficient (Wildman–Crippen LogP) is 16.0. The Morgan fingerprint density at radius 3 is 0.690 bits per heavy atom. The zero-order chi connectivity index (χ0) is 31.9. The van der Waals surface area contributed by atoms with Gasteiger partial charge in [0.2, 0.25) is 0 Å². The molecule has 0 aromatic heterocycles. The van der Waals surface area contributed by atoms with Crippen LogP contribution in [0.5, 0.6) is 0 Å². The maximum Gasteiger partial charge on any atom is 0.0805 e. The minimum Gasteiger partial charge on any atom is -0.141 e. The maximum absolute atomic E-state index is 5.76. The van der Waals surface area contributed by atoms with Crippen LogP contribution in [0.25, 0.3) is 0 Å². The van der Waals surface area contributed by atoms with Gasteiger partial charge in [-0.2, -0.15) is 0 Å². The third kappa shape index (κ3) is 15.1. The van der Waals surface area contributed by atoms with Gasteiger partial charge >= 0.3 is 0 Å². The van der Waals surface area contributed by atoms with Crippen molar-refractivity contribution < 1.29 is 16.5 Å². The normalized spacial score (nSPS) is 10.9.